The van der Waals surface area contributed by atoms with E-state index in [1.165, 1.54) is 43.4 Å². The van der Waals surface area contributed by atoms with E-state index in [1.54, 1.807) is 0 Å². The van der Waals surface area contributed by atoms with Crippen LogP contribution in [0.3, 0.4) is 0 Å². The van der Waals surface area contributed by atoms with E-state index in [1.807, 2.05) is 0 Å². The molecule has 0 amide bonds. The van der Waals surface area contributed by atoms with Crippen LogP contribution >= 0.6 is 22.9 Å². The Bertz CT molecular complexity index is 732. The van der Waals surface area contributed by atoms with Gasteiger partial charge in [0, 0.05) is 13.6 Å². The Morgan fingerprint density at radius 3 is 2.36 bits per heavy atom. The second kappa shape index (κ2) is 6.91. The first kappa shape index (κ1) is 17.1. The fourth-order valence-electron chi connectivity index (χ4n) is 1.71. The van der Waals surface area contributed by atoms with Gasteiger partial charge >= 0.3 is 6.61 Å². The zero-order chi connectivity index (χ0) is 16.3. The molecule has 120 valence electrons. The first-order chi connectivity index (χ1) is 10.3. The molecule has 0 aliphatic rings. The summed E-state index contributed by atoms with van der Waals surface area (Å²) in [6, 6.07) is 8.76. The van der Waals surface area contributed by atoms with Crippen molar-refractivity contribution in [2.75, 3.05) is 7.05 Å². The highest BCUT2D eigenvalue weighted by atomic mass is 35.5. The molecule has 0 radical (unpaired) electrons. The van der Waals surface area contributed by atoms with Gasteiger partial charge < -0.3 is 4.74 Å². The van der Waals surface area contributed by atoms with E-state index in [-0.39, 0.29) is 16.5 Å². The number of rotatable bonds is 6. The lowest BCUT2D eigenvalue weighted by molar-refractivity contribution is -0.0498. The third-order valence-corrected chi connectivity index (χ3v) is 6.27. The standard InChI is InChI=1S/C13H12ClF2NO3S2/c1-17(22(18,19)12-7-6-11(14)21-12)8-9-2-4-10(5-3-9)20-13(15)16/h2-7,13H,8H2,1H3. The van der Waals surface area contributed by atoms with Crippen molar-refractivity contribution in [2.24, 2.45) is 0 Å². The maximum Gasteiger partial charge on any atom is 0.387 e. The quantitative estimate of drug-likeness (QED) is 0.779. The van der Waals surface area contributed by atoms with Crippen LogP contribution in [0, 0.1) is 0 Å². The van der Waals surface area contributed by atoms with Crippen molar-refractivity contribution in [1.29, 1.82) is 0 Å². The molecule has 22 heavy (non-hydrogen) atoms. The molecular weight excluding hydrogens is 356 g/mol. The predicted octanol–water partition coefficient (Wildman–Crippen LogP) is 3.82. The molecule has 0 saturated carbocycles. The van der Waals surface area contributed by atoms with Crippen LogP contribution in [-0.4, -0.2) is 26.4 Å². The summed E-state index contributed by atoms with van der Waals surface area (Å²) in [7, 11) is -2.19. The largest absolute Gasteiger partial charge is 0.435 e. The lowest BCUT2D eigenvalue weighted by Crippen LogP contribution is -2.25. The highest BCUT2D eigenvalue weighted by Gasteiger charge is 2.22. The molecule has 0 fully saturated rings. The summed E-state index contributed by atoms with van der Waals surface area (Å²) in [6.07, 6.45) is 0. The van der Waals surface area contributed by atoms with Gasteiger partial charge in [0.2, 0.25) is 0 Å². The summed E-state index contributed by atoms with van der Waals surface area (Å²) >= 11 is 6.73. The summed E-state index contributed by atoms with van der Waals surface area (Å²) in [5.74, 6) is 0.0225. The maximum atomic E-state index is 12.3. The number of hydrogen-bond donors (Lipinski definition) is 0. The van der Waals surface area contributed by atoms with Gasteiger partial charge in [0.25, 0.3) is 10.0 Å². The minimum absolute atomic E-state index is 0.0225. The van der Waals surface area contributed by atoms with Crippen molar-refractivity contribution in [3.8, 4) is 5.75 Å². The van der Waals surface area contributed by atoms with Crippen molar-refractivity contribution < 1.29 is 21.9 Å². The number of halogens is 3. The molecule has 0 unspecified atom stereocenters. The first-order valence-electron chi connectivity index (χ1n) is 6.04. The Kier molecular flexibility index (Phi) is 5.38. The van der Waals surface area contributed by atoms with Crippen molar-refractivity contribution in [1.82, 2.24) is 4.31 Å². The van der Waals surface area contributed by atoms with Crippen LogP contribution in [0.2, 0.25) is 4.34 Å². The third kappa shape index (κ3) is 4.16. The van der Waals surface area contributed by atoms with Crippen LogP contribution in [0.5, 0.6) is 5.75 Å². The molecule has 2 aromatic rings. The topological polar surface area (TPSA) is 46.6 Å². The molecule has 0 N–H and O–H groups in total. The van der Waals surface area contributed by atoms with E-state index >= 15 is 0 Å². The van der Waals surface area contributed by atoms with Gasteiger partial charge in [-0.3, -0.25) is 0 Å². The average molecular weight is 368 g/mol. The van der Waals surface area contributed by atoms with Crippen LogP contribution in [-0.2, 0) is 16.6 Å². The van der Waals surface area contributed by atoms with Gasteiger partial charge in [-0.05, 0) is 29.8 Å². The van der Waals surface area contributed by atoms with Gasteiger partial charge in [-0.15, -0.1) is 11.3 Å². The summed E-state index contributed by atoms with van der Waals surface area (Å²) in [5, 5.41) is 0. The molecule has 0 aliphatic carbocycles. The number of benzene rings is 1. The number of thiophene rings is 1. The maximum absolute atomic E-state index is 12.3. The van der Waals surface area contributed by atoms with E-state index in [0.29, 0.717) is 9.90 Å². The van der Waals surface area contributed by atoms with Crippen LogP contribution in [0.1, 0.15) is 5.56 Å². The monoisotopic (exact) mass is 367 g/mol. The summed E-state index contributed by atoms with van der Waals surface area (Å²) in [6.45, 7) is -2.79. The fourth-order valence-corrected chi connectivity index (χ4v) is 4.56. The number of nitrogens with zero attached hydrogens (tertiary/aromatic N) is 1. The SMILES string of the molecule is CN(Cc1ccc(OC(F)F)cc1)S(=O)(=O)c1ccc(Cl)s1. The van der Waals surface area contributed by atoms with Crippen molar-refractivity contribution in [2.45, 2.75) is 17.4 Å². The normalized spacial score (nSPS) is 12.1. The van der Waals surface area contributed by atoms with Gasteiger partial charge in [-0.1, -0.05) is 23.7 Å². The van der Waals surface area contributed by atoms with E-state index in [4.69, 9.17) is 11.6 Å². The lowest BCUT2D eigenvalue weighted by Gasteiger charge is -2.16. The number of alkyl halides is 2. The Labute approximate surface area is 135 Å². The molecule has 0 spiro atoms. The molecule has 0 atom stereocenters. The summed E-state index contributed by atoms with van der Waals surface area (Å²) in [4.78, 5) is 0. The fraction of sp³-hybridized carbons (Fsp3) is 0.231. The minimum Gasteiger partial charge on any atom is -0.435 e. The Hall–Kier alpha value is -1.22. The summed E-state index contributed by atoms with van der Waals surface area (Å²) < 4.78 is 54.7. The summed E-state index contributed by atoms with van der Waals surface area (Å²) in [5.41, 5.74) is 0.648. The molecule has 9 heteroatoms. The molecule has 0 bridgehead atoms. The molecule has 0 aliphatic heterocycles. The molecule has 1 heterocycles. The van der Waals surface area contributed by atoms with Crippen LogP contribution < -0.4 is 4.74 Å². The zero-order valence-corrected chi connectivity index (χ0v) is 13.8. The minimum atomic E-state index is -3.63. The molecule has 2 rings (SSSR count). The smallest absolute Gasteiger partial charge is 0.387 e. The second-order valence-corrected chi connectivity index (χ2v) is 8.33. The van der Waals surface area contributed by atoms with Gasteiger partial charge in [0.15, 0.2) is 0 Å². The van der Waals surface area contributed by atoms with Gasteiger partial charge in [0.1, 0.15) is 9.96 Å². The second-order valence-electron chi connectivity index (χ2n) is 4.34. The molecular formula is C13H12ClF2NO3S2. The van der Waals surface area contributed by atoms with Crippen LogP contribution in [0.25, 0.3) is 0 Å². The van der Waals surface area contributed by atoms with Gasteiger partial charge in [0.05, 0.1) is 4.34 Å². The van der Waals surface area contributed by atoms with Crippen molar-refractivity contribution >= 4 is 33.0 Å². The first-order valence-corrected chi connectivity index (χ1v) is 8.68. The third-order valence-electron chi connectivity index (χ3n) is 2.77. The number of ether oxygens (including phenoxy) is 1. The van der Waals surface area contributed by atoms with Gasteiger partial charge in [-0.25, -0.2) is 8.42 Å². The van der Waals surface area contributed by atoms with Crippen molar-refractivity contribution in [3.63, 3.8) is 0 Å². The van der Waals surface area contributed by atoms with Crippen molar-refractivity contribution in [3.05, 3.63) is 46.3 Å². The van der Waals surface area contributed by atoms with Gasteiger partial charge in [-0.2, -0.15) is 13.1 Å². The average Bonchev–Trinajstić information content (AvgIpc) is 2.87. The van der Waals surface area contributed by atoms with E-state index in [0.717, 1.165) is 15.6 Å². The lowest BCUT2D eigenvalue weighted by atomic mass is 10.2. The number of hydrogen-bond acceptors (Lipinski definition) is 4. The highest BCUT2D eigenvalue weighted by Crippen LogP contribution is 2.28. The zero-order valence-electron chi connectivity index (χ0n) is 11.4. The van der Waals surface area contributed by atoms with E-state index in [2.05, 4.69) is 4.74 Å². The van der Waals surface area contributed by atoms with E-state index < -0.39 is 16.6 Å². The molecule has 1 aromatic carbocycles. The molecule has 0 saturated heterocycles. The predicted molar refractivity (Wildman–Crippen MR) is 81.1 cm³/mol. The Balaban J connectivity index is 2.09. The molecule has 1 aromatic heterocycles. The Morgan fingerprint density at radius 2 is 1.86 bits per heavy atom. The highest BCUT2D eigenvalue weighted by molar-refractivity contribution is 7.91. The Morgan fingerprint density at radius 1 is 1.23 bits per heavy atom. The van der Waals surface area contributed by atoms with E-state index in [9.17, 15) is 17.2 Å². The van der Waals surface area contributed by atoms with Crippen LogP contribution in [0.15, 0.2) is 40.6 Å². The number of sulfonamides is 1. The van der Waals surface area contributed by atoms with Crippen LogP contribution in [0.4, 0.5) is 8.78 Å². The molecule has 4 nitrogen and oxygen atoms in total.